The van der Waals surface area contributed by atoms with Gasteiger partial charge >= 0.3 is 0 Å². The molecule has 4 rings (SSSR count). The summed E-state index contributed by atoms with van der Waals surface area (Å²) >= 11 is 6.14. The Morgan fingerprint density at radius 2 is 2.18 bits per heavy atom. The third-order valence-electron chi connectivity index (χ3n) is 5.30. The predicted molar refractivity (Wildman–Crippen MR) is 109 cm³/mol. The van der Waals surface area contributed by atoms with Crippen molar-refractivity contribution in [2.45, 2.75) is 25.3 Å². The Labute approximate surface area is 169 Å². The van der Waals surface area contributed by atoms with Crippen molar-refractivity contribution in [3.63, 3.8) is 0 Å². The fraction of sp³-hybridized carbons (Fsp3) is 0.286. The van der Waals surface area contributed by atoms with Crippen LogP contribution in [0.2, 0.25) is 5.02 Å². The van der Waals surface area contributed by atoms with Crippen molar-refractivity contribution in [3.05, 3.63) is 71.3 Å². The number of carbonyl (C=O) groups is 1. The van der Waals surface area contributed by atoms with Gasteiger partial charge in [-0.05, 0) is 36.6 Å². The number of fused-ring (bicyclic) bond motifs is 1. The van der Waals surface area contributed by atoms with Crippen LogP contribution >= 0.6 is 11.6 Å². The van der Waals surface area contributed by atoms with E-state index in [2.05, 4.69) is 46.7 Å². The lowest BCUT2D eigenvalue weighted by Crippen LogP contribution is -3.10. The van der Waals surface area contributed by atoms with E-state index < -0.39 is 0 Å². The van der Waals surface area contributed by atoms with Crippen molar-refractivity contribution in [3.8, 4) is 5.69 Å². The Hall–Kier alpha value is -2.70. The van der Waals surface area contributed by atoms with Gasteiger partial charge in [-0.3, -0.25) is 4.79 Å². The van der Waals surface area contributed by atoms with E-state index in [0.29, 0.717) is 23.3 Å². The van der Waals surface area contributed by atoms with Gasteiger partial charge in [0.05, 0.1) is 18.4 Å². The van der Waals surface area contributed by atoms with Crippen LogP contribution in [0.5, 0.6) is 0 Å². The van der Waals surface area contributed by atoms with E-state index in [9.17, 15) is 4.79 Å². The van der Waals surface area contributed by atoms with Crippen molar-refractivity contribution >= 4 is 23.2 Å². The van der Waals surface area contributed by atoms with Crippen LogP contribution in [0, 0.1) is 0 Å². The number of hydrogen-bond donors (Lipinski definition) is 2. The molecule has 2 aromatic carbocycles. The Morgan fingerprint density at radius 1 is 1.32 bits per heavy atom. The lowest BCUT2D eigenvalue weighted by atomic mass is 9.87. The number of rotatable bonds is 5. The molecule has 7 heteroatoms. The summed E-state index contributed by atoms with van der Waals surface area (Å²) in [6.45, 7) is 0.377. The number of aromatic nitrogens is 3. The molecule has 6 nitrogen and oxygen atoms in total. The molecule has 0 spiro atoms. The number of halogens is 1. The first-order chi connectivity index (χ1) is 13.6. The summed E-state index contributed by atoms with van der Waals surface area (Å²) in [7, 11) is 2.09. The number of aryl methyl sites for hydroxylation is 1. The van der Waals surface area contributed by atoms with Crippen LogP contribution in [0.1, 0.15) is 30.0 Å². The fourth-order valence-corrected chi connectivity index (χ4v) is 4.15. The van der Waals surface area contributed by atoms with Crippen molar-refractivity contribution in [1.29, 1.82) is 0 Å². The maximum atomic E-state index is 12.8. The summed E-state index contributed by atoms with van der Waals surface area (Å²) in [6.07, 6.45) is 6.42. The average molecular weight is 397 g/mol. The summed E-state index contributed by atoms with van der Waals surface area (Å²) in [5, 5.41) is 7.71. The van der Waals surface area contributed by atoms with E-state index in [-0.39, 0.29) is 5.91 Å². The molecule has 1 aliphatic rings. The van der Waals surface area contributed by atoms with Crippen LogP contribution in [0.25, 0.3) is 5.69 Å². The molecule has 2 N–H and O–H groups in total. The number of quaternary nitrogens is 1. The third kappa shape index (κ3) is 3.93. The van der Waals surface area contributed by atoms with Crippen LogP contribution in [0.4, 0.5) is 5.69 Å². The smallest absolute Gasteiger partial charge is 0.279 e. The standard InChI is InChI=1S/C21H22ClN5O/c1-26(19-8-4-6-15-5-2-3-7-17(15)19)12-21(28)25-18-11-16(22)9-10-20(18)27-14-23-13-24-27/h2-3,5,7,9-11,13-14,19H,4,6,8,12H2,1H3,(H,25,28)/p+1/t19-/m1/s1. The molecular formula is C21H23ClN5O+. The van der Waals surface area contributed by atoms with Gasteiger partial charge in [-0.2, -0.15) is 5.10 Å². The Kier molecular flexibility index (Phi) is 5.41. The summed E-state index contributed by atoms with van der Waals surface area (Å²) < 4.78 is 1.61. The molecule has 0 fully saturated rings. The molecule has 144 valence electrons. The van der Waals surface area contributed by atoms with Gasteiger partial charge in [0.1, 0.15) is 18.7 Å². The minimum Gasteiger partial charge on any atom is -0.323 e. The van der Waals surface area contributed by atoms with Gasteiger partial charge in [-0.1, -0.05) is 35.9 Å². The summed E-state index contributed by atoms with van der Waals surface area (Å²) in [5.41, 5.74) is 4.13. The molecular weight excluding hydrogens is 374 g/mol. The first kappa shape index (κ1) is 18.7. The number of nitrogens with one attached hydrogen (secondary N) is 2. The summed E-state index contributed by atoms with van der Waals surface area (Å²) in [6, 6.07) is 14.2. The minimum absolute atomic E-state index is 0.0517. The Morgan fingerprint density at radius 3 is 3.00 bits per heavy atom. The predicted octanol–water partition coefficient (Wildman–Crippen LogP) is 2.45. The SMILES string of the molecule is C[NH+](CC(=O)Nc1cc(Cl)ccc1-n1cncn1)[C@@H]1CCCc2ccccc21. The van der Waals surface area contributed by atoms with Gasteiger partial charge in [-0.25, -0.2) is 9.67 Å². The molecule has 0 aliphatic heterocycles. The molecule has 2 atom stereocenters. The van der Waals surface area contributed by atoms with Crippen molar-refractivity contribution in [2.24, 2.45) is 0 Å². The zero-order valence-corrected chi connectivity index (χ0v) is 16.5. The summed E-state index contributed by atoms with van der Waals surface area (Å²) in [5.74, 6) is -0.0517. The molecule has 1 amide bonds. The highest BCUT2D eigenvalue weighted by atomic mass is 35.5. The van der Waals surface area contributed by atoms with E-state index in [1.54, 1.807) is 23.1 Å². The number of benzene rings is 2. The molecule has 0 saturated carbocycles. The lowest BCUT2D eigenvalue weighted by Gasteiger charge is -2.30. The van der Waals surface area contributed by atoms with Gasteiger partial charge in [0.15, 0.2) is 6.54 Å². The topological polar surface area (TPSA) is 64.2 Å². The number of carbonyl (C=O) groups excluding carboxylic acids is 1. The number of hydrogen-bond acceptors (Lipinski definition) is 3. The van der Waals surface area contributed by atoms with Gasteiger partial charge in [0.2, 0.25) is 0 Å². The first-order valence-corrected chi connectivity index (χ1v) is 9.84. The highest BCUT2D eigenvalue weighted by Crippen LogP contribution is 2.27. The van der Waals surface area contributed by atoms with Crippen molar-refractivity contribution in [1.82, 2.24) is 14.8 Å². The zero-order chi connectivity index (χ0) is 19.5. The second-order valence-corrected chi connectivity index (χ2v) is 7.65. The fourth-order valence-electron chi connectivity index (χ4n) is 3.98. The molecule has 0 radical (unpaired) electrons. The van der Waals surface area contributed by atoms with Crippen LogP contribution in [-0.4, -0.2) is 34.3 Å². The monoisotopic (exact) mass is 396 g/mol. The molecule has 0 saturated heterocycles. The molecule has 1 heterocycles. The molecule has 3 aromatic rings. The number of nitrogens with zero attached hydrogens (tertiary/aromatic N) is 3. The first-order valence-electron chi connectivity index (χ1n) is 9.46. The maximum absolute atomic E-state index is 12.8. The van der Waals surface area contributed by atoms with E-state index >= 15 is 0 Å². The number of anilines is 1. The highest BCUT2D eigenvalue weighted by Gasteiger charge is 2.28. The normalized spacial score (nSPS) is 17.0. The molecule has 1 unspecified atom stereocenters. The average Bonchev–Trinajstić information content (AvgIpc) is 3.22. The molecule has 28 heavy (non-hydrogen) atoms. The van der Waals surface area contributed by atoms with E-state index in [4.69, 9.17) is 11.6 Å². The third-order valence-corrected chi connectivity index (χ3v) is 5.54. The zero-order valence-electron chi connectivity index (χ0n) is 15.7. The number of likely N-dealkylation sites (N-methyl/N-ethyl adjacent to an activating group) is 1. The second kappa shape index (κ2) is 8.12. The van der Waals surface area contributed by atoms with Gasteiger partial charge < -0.3 is 10.2 Å². The van der Waals surface area contributed by atoms with Crippen LogP contribution in [0.15, 0.2) is 55.1 Å². The van der Waals surface area contributed by atoms with Gasteiger partial charge in [0.25, 0.3) is 5.91 Å². The quantitative estimate of drug-likeness (QED) is 0.696. The van der Waals surface area contributed by atoms with E-state index in [1.165, 1.54) is 22.4 Å². The Balaban J connectivity index is 1.49. The molecule has 1 aromatic heterocycles. The van der Waals surface area contributed by atoms with E-state index in [0.717, 1.165) is 24.9 Å². The minimum atomic E-state index is -0.0517. The van der Waals surface area contributed by atoms with Crippen molar-refractivity contribution in [2.75, 3.05) is 18.9 Å². The Bertz CT molecular complexity index is 973. The van der Waals surface area contributed by atoms with Crippen LogP contribution in [0.3, 0.4) is 0 Å². The number of amides is 1. The van der Waals surface area contributed by atoms with Crippen molar-refractivity contribution < 1.29 is 9.69 Å². The van der Waals surface area contributed by atoms with Crippen LogP contribution in [-0.2, 0) is 11.2 Å². The van der Waals surface area contributed by atoms with Crippen LogP contribution < -0.4 is 10.2 Å². The van der Waals surface area contributed by atoms with Gasteiger partial charge in [0, 0.05) is 17.0 Å². The highest BCUT2D eigenvalue weighted by molar-refractivity contribution is 6.31. The largest absolute Gasteiger partial charge is 0.323 e. The molecule has 1 aliphatic carbocycles. The maximum Gasteiger partial charge on any atom is 0.279 e. The van der Waals surface area contributed by atoms with E-state index in [1.807, 2.05) is 6.07 Å². The van der Waals surface area contributed by atoms with Gasteiger partial charge in [-0.15, -0.1) is 0 Å². The second-order valence-electron chi connectivity index (χ2n) is 7.22. The lowest BCUT2D eigenvalue weighted by molar-refractivity contribution is -0.905. The summed E-state index contributed by atoms with van der Waals surface area (Å²) in [4.78, 5) is 18.0. The molecule has 0 bridgehead atoms.